The number of nitrogens with one attached hydrogen (secondary N) is 1. The molecule has 3 nitrogen and oxygen atoms in total. The van der Waals surface area contributed by atoms with Crippen molar-refractivity contribution in [3.8, 4) is 0 Å². The molecule has 1 N–H and O–H groups in total. The van der Waals surface area contributed by atoms with Gasteiger partial charge in [-0.2, -0.15) is 0 Å². The molecule has 1 heterocycles. The zero-order valence-corrected chi connectivity index (χ0v) is 14.2. The van der Waals surface area contributed by atoms with Crippen molar-refractivity contribution in [3.05, 3.63) is 35.4 Å². The van der Waals surface area contributed by atoms with Gasteiger partial charge in [-0.15, -0.1) is 0 Å². The molecular formula is C19H25F2NO2. The number of ether oxygens (including phenoxy) is 1. The van der Waals surface area contributed by atoms with Gasteiger partial charge in [-0.05, 0) is 43.4 Å². The lowest BCUT2D eigenvalue weighted by atomic mass is 9.86. The molecule has 0 bridgehead atoms. The van der Waals surface area contributed by atoms with E-state index in [4.69, 9.17) is 4.74 Å². The van der Waals surface area contributed by atoms with Crippen LogP contribution in [0.3, 0.4) is 0 Å². The second-order valence-corrected chi connectivity index (χ2v) is 7.43. The third kappa shape index (κ3) is 3.77. The smallest absolute Gasteiger partial charge is 0.220 e. The van der Waals surface area contributed by atoms with Crippen molar-refractivity contribution in [1.82, 2.24) is 5.32 Å². The zero-order valence-electron chi connectivity index (χ0n) is 14.2. The zero-order chi connectivity index (χ0) is 17.3. The number of carbonyl (C=O) groups is 1. The molecule has 4 atom stereocenters. The number of halogens is 2. The van der Waals surface area contributed by atoms with E-state index in [1.54, 1.807) is 0 Å². The van der Waals surface area contributed by atoms with Crippen LogP contribution in [0.25, 0.3) is 0 Å². The van der Waals surface area contributed by atoms with E-state index in [9.17, 15) is 13.6 Å². The monoisotopic (exact) mass is 337 g/mol. The minimum atomic E-state index is -0.510. The normalized spacial score (nSPS) is 29.5. The Kier molecular flexibility index (Phi) is 5.18. The van der Waals surface area contributed by atoms with Gasteiger partial charge in [0.1, 0.15) is 11.6 Å². The number of benzene rings is 1. The van der Waals surface area contributed by atoms with E-state index in [1.165, 1.54) is 6.07 Å². The van der Waals surface area contributed by atoms with Crippen molar-refractivity contribution in [3.63, 3.8) is 0 Å². The quantitative estimate of drug-likeness (QED) is 0.897. The molecule has 24 heavy (non-hydrogen) atoms. The molecule has 1 aliphatic heterocycles. The Morgan fingerprint density at radius 2 is 2.12 bits per heavy atom. The van der Waals surface area contributed by atoms with Crippen molar-refractivity contribution in [1.29, 1.82) is 0 Å². The first-order chi connectivity index (χ1) is 11.4. The Bertz CT molecular complexity index is 605. The highest BCUT2D eigenvalue weighted by Gasteiger charge is 2.43. The van der Waals surface area contributed by atoms with Crippen LogP contribution in [0.5, 0.6) is 0 Å². The fourth-order valence-electron chi connectivity index (χ4n) is 4.02. The van der Waals surface area contributed by atoms with E-state index in [0.717, 1.165) is 31.4 Å². The van der Waals surface area contributed by atoms with Gasteiger partial charge in [0.2, 0.25) is 5.91 Å². The Labute approximate surface area is 141 Å². The van der Waals surface area contributed by atoms with Crippen molar-refractivity contribution in [2.75, 3.05) is 0 Å². The standard InChI is InChI=1S/C19H25F2NO2/c1-11(2)8-19(23)22-16-10-18(24-17-5-3-4-13(16)17)14-9-12(20)6-7-15(14)21/h6-7,9,11,13,16-18H,3-5,8,10H2,1-2H3,(H,22,23)/t13-,16+,17+,18+/m0/s1. The molecule has 132 valence electrons. The van der Waals surface area contributed by atoms with Gasteiger partial charge >= 0.3 is 0 Å². The van der Waals surface area contributed by atoms with Gasteiger partial charge in [0.05, 0.1) is 12.2 Å². The largest absolute Gasteiger partial charge is 0.370 e. The summed E-state index contributed by atoms with van der Waals surface area (Å²) >= 11 is 0. The molecule has 0 aromatic heterocycles. The first-order valence-corrected chi connectivity index (χ1v) is 8.84. The van der Waals surface area contributed by atoms with E-state index in [1.807, 2.05) is 13.8 Å². The van der Waals surface area contributed by atoms with Crippen molar-refractivity contribution in [2.45, 2.75) is 64.2 Å². The van der Waals surface area contributed by atoms with Crippen LogP contribution in [0.1, 0.15) is 57.6 Å². The van der Waals surface area contributed by atoms with Crippen LogP contribution in [0, 0.1) is 23.5 Å². The number of fused-ring (bicyclic) bond motifs is 1. The molecule has 0 unspecified atom stereocenters. The third-order valence-electron chi connectivity index (χ3n) is 5.07. The Morgan fingerprint density at radius 1 is 1.33 bits per heavy atom. The number of hydrogen-bond donors (Lipinski definition) is 1. The van der Waals surface area contributed by atoms with Gasteiger partial charge < -0.3 is 10.1 Å². The maximum absolute atomic E-state index is 14.1. The van der Waals surface area contributed by atoms with Gasteiger partial charge in [-0.25, -0.2) is 8.78 Å². The molecular weight excluding hydrogens is 312 g/mol. The average Bonchev–Trinajstić information content (AvgIpc) is 2.97. The summed E-state index contributed by atoms with van der Waals surface area (Å²) in [5, 5.41) is 3.12. The highest BCUT2D eigenvalue weighted by molar-refractivity contribution is 5.76. The fraction of sp³-hybridized carbons (Fsp3) is 0.632. The van der Waals surface area contributed by atoms with Crippen molar-refractivity contribution >= 4 is 5.91 Å². The van der Waals surface area contributed by atoms with E-state index >= 15 is 0 Å². The molecule has 1 saturated carbocycles. The predicted molar refractivity (Wildman–Crippen MR) is 87.3 cm³/mol. The van der Waals surface area contributed by atoms with Crippen LogP contribution in [0.2, 0.25) is 0 Å². The van der Waals surface area contributed by atoms with Gasteiger partial charge in [0.25, 0.3) is 0 Å². The Morgan fingerprint density at radius 3 is 2.88 bits per heavy atom. The summed E-state index contributed by atoms with van der Waals surface area (Å²) in [5.41, 5.74) is 0.253. The summed E-state index contributed by atoms with van der Waals surface area (Å²) in [6.07, 6.45) is 3.44. The summed E-state index contributed by atoms with van der Waals surface area (Å²) < 4.78 is 33.7. The summed E-state index contributed by atoms with van der Waals surface area (Å²) in [6, 6.07) is 3.43. The topological polar surface area (TPSA) is 38.3 Å². The summed E-state index contributed by atoms with van der Waals surface area (Å²) in [7, 11) is 0. The van der Waals surface area contributed by atoms with Crippen LogP contribution >= 0.6 is 0 Å². The van der Waals surface area contributed by atoms with Crippen molar-refractivity contribution in [2.24, 2.45) is 11.8 Å². The lowest BCUT2D eigenvalue weighted by Gasteiger charge is -2.39. The summed E-state index contributed by atoms with van der Waals surface area (Å²) in [5.74, 6) is -0.329. The van der Waals surface area contributed by atoms with Gasteiger partial charge in [0, 0.05) is 23.9 Å². The summed E-state index contributed by atoms with van der Waals surface area (Å²) in [6.45, 7) is 4.01. The van der Waals surface area contributed by atoms with Crippen LogP contribution < -0.4 is 5.32 Å². The molecule has 0 spiro atoms. The second-order valence-electron chi connectivity index (χ2n) is 7.43. The lowest BCUT2D eigenvalue weighted by molar-refractivity contribution is -0.127. The molecule has 3 rings (SSSR count). The molecule has 1 aliphatic carbocycles. The maximum atomic E-state index is 14.1. The number of hydrogen-bond acceptors (Lipinski definition) is 2. The van der Waals surface area contributed by atoms with Crippen LogP contribution in [-0.4, -0.2) is 18.1 Å². The van der Waals surface area contributed by atoms with E-state index in [2.05, 4.69) is 5.32 Å². The minimum Gasteiger partial charge on any atom is -0.370 e. The molecule has 1 aromatic carbocycles. The van der Waals surface area contributed by atoms with E-state index in [-0.39, 0.29) is 29.5 Å². The highest BCUT2D eigenvalue weighted by Crippen LogP contribution is 2.43. The van der Waals surface area contributed by atoms with Gasteiger partial charge in [-0.1, -0.05) is 20.3 Å². The maximum Gasteiger partial charge on any atom is 0.220 e. The average molecular weight is 337 g/mol. The molecule has 5 heteroatoms. The number of rotatable bonds is 4. The molecule has 0 radical (unpaired) electrons. The number of amides is 1. The molecule has 2 aliphatic rings. The molecule has 2 fully saturated rings. The molecule has 1 amide bonds. The summed E-state index contributed by atoms with van der Waals surface area (Å²) in [4.78, 5) is 12.2. The minimum absolute atomic E-state index is 0.00997. The van der Waals surface area contributed by atoms with Crippen LogP contribution in [0.4, 0.5) is 8.78 Å². The Hall–Kier alpha value is -1.49. The first kappa shape index (κ1) is 17.3. The van der Waals surface area contributed by atoms with Crippen LogP contribution in [0.15, 0.2) is 18.2 Å². The fourth-order valence-corrected chi connectivity index (χ4v) is 4.02. The first-order valence-electron chi connectivity index (χ1n) is 8.84. The second kappa shape index (κ2) is 7.18. The van der Waals surface area contributed by atoms with Crippen molar-refractivity contribution < 1.29 is 18.3 Å². The SMILES string of the molecule is CC(C)CC(=O)N[C@@H]1C[C@H](c2cc(F)ccc2F)O[C@@H]2CCC[C@@H]12. The Balaban J connectivity index is 1.78. The number of carbonyl (C=O) groups excluding carboxylic acids is 1. The highest BCUT2D eigenvalue weighted by atomic mass is 19.1. The van der Waals surface area contributed by atoms with E-state index in [0.29, 0.717) is 18.8 Å². The van der Waals surface area contributed by atoms with E-state index < -0.39 is 17.7 Å². The predicted octanol–water partition coefficient (Wildman–Crippen LogP) is 4.13. The third-order valence-corrected chi connectivity index (χ3v) is 5.07. The van der Waals surface area contributed by atoms with Gasteiger partial charge in [-0.3, -0.25) is 4.79 Å². The molecule has 1 saturated heterocycles. The van der Waals surface area contributed by atoms with Gasteiger partial charge in [0.15, 0.2) is 0 Å². The van der Waals surface area contributed by atoms with Crippen LogP contribution in [-0.2, 0) is 9.53 Å². The molecule has 1 aromatic rings. The lowest BCUT2D eigenvalue weighted by Crippen LogP contribution is -2.48.